The second-order valence-electron chi connectivity index (χ2n) is 11.4. The Morgan fingerprint density at radius 2 is 1.46 bits per heavy atom. The van der Waals surface area contributed by atoms with Gasteiger partial charge in [0.1, 0.15) is 11.5 Å². The van der Waals surface area contributed by atoms with Crippen molar-refractivity contribution in [3.05, 3.63) is 83.3 Å². The Morgan fingerprint density at radius 1 is 0.919 bits per heavy atom. The molecular formula is C33H42O4. The van der Waals surface area contributed by atoms with Gasteiger partial charge in [-0.05, 0) is 53.4 Å². The molecular weight excluding hydrogens is 460 g/mol. The predicted octanol–water partition coefficient (Wildman–Crippen LogP) is 7.95. The van der Waals surface area contributed by atoms with E-state index < -0.39 is 5.97 Å². The first-order valence-corrected chi connectivity index (χ1v) is 13.3. The maximum Gasteiger partial charge on any atom is 0.378 e. The first kappa shape index (κ1) is 28.4. The molecule has 2 bridgehead atoms. The van der Waals surface area contributed by atoms with E-state index in [1.54, 1.807) is 6.08 Å². The van der Waals surface area contributed by atoms with Crippen molar-refractivity contribution in [2.24, 2.45) is 28.6 Å². The van der Waals surface area contributed by atoms with E-state index in [1.165, 1.54) is 13.5 Å². The molecule has 0 aliphatic heterocycles. The van der Waals surface area contributed by atoms with Crippen LogP contribution in [0, 0.1) is 28.6 Å². The second-order valence-corrected chi connectivity index (χ2v) is 11.4. The van der Waals surface area contributed by atoms with Gasteiger partial charge in [-0.3, -0.25) is 4.79 Å². The molecule has 2 aromatic carbocycles. The van der Waals surface area contributed by atoms with E-state index in [9.17, 15) is 9.59 Å². The Balaban J connectivity index is 0.000000284. The van der Waals surface area contributed by atoms with Crippen LogP contribution in [-0.2, 0) is 19.1 Å². The zero-order chi connectivity index (χ0) is 27.2. The molecule has 0 heterocycles. The average molecular weight is 503 g/mol. The van der Waals surface area contributed by atoms with Crippen LogP contribution in [0.25, 0.3) is 12.2 Å². The fraction of sp³-hybridized carbons (Fsp3) is 0.455. The summed E-state index contributed by atoms with van der Waals surface area (Å²) in [4.78, 5) is 24.2. The molecule has 37 heavy (non-hydrogen) atoms. The summed E-state index contributed by atoms with van der Waals surface area (Å²) < 4.78 is 11.0. The van der Waals surface area contributed by atoms with Crippen LogP contribution in [0.5, 0.6) is 0 Å². The molecule has 0 N–H and O–H groups in total. The largest absolute Gasteiger partial charge is 0.490 e. The molecule has 0 spiro atoms. The third-order valence-corrected chi connectivity index (χ3v) is 8.77. The van der Waals surface area contributed by atoms with E-state index in [0.717, 1.165) is 24.0 Å². The van der Waals surface area contributed by atoms with Gasteiger partial charge in [-0.25, -0.2) is 4.79 Å². The minimum absolute atomic E-state index is 0.0255. The summed E-state index contributed by atoms with van der Waals surface area (Å²) in [6, 6.07) is 19.4. The number of benzene rings is 2. The summed E-state index contributed by atoms with van der Waals surface area (Å²) in [6.45, 7) is 12.9. The SMILES string of the molecule is CC12CCC(CC1=O)C2(C)C.COC(=Cc1ccccc1)C(=O)OC(=Cc1ccccc1)C(C)C(C)C. The molecule has 4 heteroatoms. The molecule has 4 rings (SSSR count). The Hall–Kier alpha value is -3.14. The summed E-state index contributed by atoms with van der Waals surface area (Å²) in [5.41, 5.74) is 2.18. The molecule has 0 radical (unpaired) electrons. The van der Waals surface area contributed by atoms with Crippen molar-refractivity contribution >= 4 is 23.9 Å². The second kappa shape index (κ2) is 11.9. The predicted molar refractivity (Wildman–Crippen MR) is 150 cm³/mol. The summed E-state index contributed by atoms with van der Waals surface area (Å²) >= 11 is 0. The lowest BCUT2D eigenvalue weighted by atomic mass is 9.70. The number of hydrogen-bond donors (Lipinski definition) is 0. The van der Waals surface area contributed by atoms with Gasteiger partial charge >= 0.3 is 5.97 Å². The first-order chi connectivity index (χ1) is 17.5. The zero-order valence-electron chi connectivity index (χ0n) is 23.4. The van der Waals surface area contributed by atoms with Crippen molar-refractivity contribution in [1.29, 1.82) is 0 Å². The average Bonchev–Trinajstić information content (AvgIpc) is 3.21. The van der Waals surface area contributed by atoms with E-state index in [0.29, 0.717) is 23.4 Å². The lowest BCUT2D eigenvalue weighted by molar-refractivity contribution is -0.139. The molecule has 2 fully saturated rings. The number of allylic oxidation sites excluding steroid dienone is 1. The monoisotopic (exact) mass is 502 g/mol. The molecule has 3 atom stereocenters. The van der Waals surface area contributed by atoms with Crippen molar-refractivity contribution in [2.75, 3.05) is 7.11 Å². The fourth-order valence-corrected chi connectivity index (χ4v) is 5.26. The molecule has 2 aliphatic rings. The molecule has 4 nitrogen and oxygen atoms in total. The van der Waals surface area contributed by atoms with Gasteiger partial charge in [-0.2, -0.15) is 0 Å². The maximum absolute atomic E-state index is 12.6. The Kier molecular flexibility index (Phi) is 9.17. The Morgan fingerprint density at radius 3 is 1.84 bits per heavy atom. The number of fused-ring (bicyclic) bond motifs is 2. The number of rotatable bonds is 7. The maximum atomic E-state index is 12.6. The molecule has 2 aliphatic carbocycles. The summed E-state index contributed by atoms with van der Waals surface area (Å²) in [7, 11) is 1.47. The van der Waals surface area contributed by atoms with E-state index in [4.69, 9.17) is 9.47 Å². The van der Waals surface area contributed by atoms with E-state index in [2.05, 4.69) is 41.5 Å². The molecule has 0 amide bonds. The van der Waals surface area contributed by atoms with Gasteiger partial charge in [-0.15, -0.1) is 0 Å². The molecule has 3 unspecified atom stereocenters. The molecule has 2 aromatic rings. The quantitative estimate of drug-likeness (QED) is 0.219. The van der Waals surface area contributed by atoms with Gasteiger partial charge in [0, 0.05) is 17.8 Å². The normalized spacial score (nSPS) is 23.4. The van der Waals surface area contributed by atoms with E-state index in [-0.39, 0.29) is 22.5 Å². The van der Waals surface area contributed by atoms with E-state index in [1.807, 2.05) is 66.7 Å². The minimum atomic E-state index is -0.494. The minimum Gasteiger partial charge on any atom is -0.490 e. The smallest absolute Gasteiger partial charge is 0.378 e. The van der Waals surface area contributed by atoms with Crippen molar-refractivity contribution in [2.45, 2.75) is 60.8 Å². The topological polar surface area (TPSA) is 52.6 Å². The van der Waals surface area contributed by atoms with Crippen LogP contribution >= 0.6 is 0 Å². The summed E-state index contributed by atoms with van der Waals surface area (Å²) in [5, 5.41) is 0. The Labute approximate surface area is 222 Å². The van der Waals surface area contributed by atoms with Crippen LogP contribution in [-0.4, -0.2) is 18.9 Å². The first-order valence-electron chi connectivity index (χ1n) is 13.3. The molecule has 198 valence electrons. The van der Waals surface area contributed by atoms with Crippen LogP contribution in [0.1, 0.15) is 71.9 Å². The lowest BCUT2D eigenvalue weighted by Gasteiger charge is -2.32. The van der Waals surface area contributed by atoms with Gasteiger partial charge < -0.3 is 9.47 Å². The summed E-state index contributed by atoms with van der Waals surface area (Å²) in [6.07, 6.45) is 6.85. The Bertz CT molecular complexity index is 1130. The third kappa shape index (κ3) is 6.41. The number of methoxy groups -OCH3 is 1. The van der Waals surface area contributed by atoms with Crippen LogP contribution in [0.15, 0.2) is 72.2 Å². The van der Waals surface area contributed by atoms with E-state index >= 15 is 0 Å². The number of esters is 1. The fourth-order valence-electron chi connectivity index (χ4n) is 5.26. The number of Topliss-reactive ketones (excluding diaryl/α,β-unsaturated/α-hetero) is 1. The number of carbonyl (C=O) groups excluding carboxylic acids is 2. The lowest BCUT2D eigenvalue weighted by Crippen LogP contribution is -2.32. The third-order valence-electron chi connectivity index (χ3n) is 8.77. The highest BCUT2D eigenvalue weighted by Gasteiger charge is 2.61. The van der Waals surface area contributed by atoms with Gasteiger partial charge in [-0.1, -0.05) is 102 Å². The highest BCUT2D eigenvalue weighted by Crippen LogP contribution is 2.63. The molecule has 0 aromatic heterocycles. The number of carbonyl (C=O) groups is 2. The van der Waals surface area contributed by atoms with Crippen molar-refractivity contribution in [3.63, 3.8) is 0 Å². The van der Waals surface area contributed by atoms with Crippen molar-refractivity contribution in [1.82, 2.24) is 0 Å². The number of hydrogen-bond acceptors (Lipinski definition) is 4. The zero-order valence-corrected chi connectivity index (χ0v) is 23.4. The highest BCUT2D eigenvalue weighted by molar-refractivity contribution is 5.92. The van der Waals surface area contributed by atoms with Crippen LogP contribution < -0.4 is 0 Å². The van der Waals surface area contributed by atoms with Gasteiger partial charge in [0.15, 0.2) is 0 Å². The van der Waals surface area contributed by atoms with Crippen LogP contribution in [0.4, 0.5) is 0 Å². The number of ketones is 1. The number of ether oxygens (including phenoxy) is 2. The molecule has 0 saturated heterocycles. The summed E-state index contributed by atoms with van der Waals surface area (Å²) in [5.74, 6) is 1.93. The van der Waals surface area contributed by atoms with Gasteiger partial charge in [0.05, 0.1) is 7.11 Å². The van der Waals surface area contributed by atoms with Crippen molar-refractivity contribution < 1.29 is 19.1 Å². The van der Waals surface area contributed by atoms with Crippen LogP contribution in [0.3, 0.4) is 0 Å². The highest BCUT2D eigenvalue weighted by atomic mass is 16.6. The molecule has 2 saturated carbocycles. The van der Waals surface area contributed by atoms with Gasteiger partial charge in [0.25, 0.3) is 0 Å². The van der Waals surface area contributed by atoms with Gasteiger partial charge in [0.2, 0.25) is 5.76 Å². The standard InChI is InChI=1S/C23H26O3.C10H16O/c1-17(2)18(3)21(15-19-11-7-5-8-12-19)26-23(24)22(25-4)16-20-13-9-6-10-14-20;1-9(2)7-4-5-10(9,3)8(11)6-7/h5-18H,1-4H3;7H,4-6H2,1-3H3. The van der Waals surface area contributed by atoms with Crippen molar-refractivity contribution in [3.8, 4) is 0 Å². The van der Waals surface area contributed by atoms with Crippen LogP contribution in [0.2, 0.25) is 0 Å².